The number of nitriles is 1. The Morgan fingerprint density at radius 1 is 1.35 bits per heavy atom. The molecule has 0 atom stereocenters. The molecule has 1 aliphatic rings. The van der Waals surface area contributed by atoms with Crippen LogP contribution in [-0.4, -0.2) is 27.1 Å². The lowest BCUT2D eigenvalue weighted by Crippen LogP contribution is -3.06. The van der Waals surface area contributed by atoms with Gasteiger partial charge >= 0.3 is 0 Å². The van der Waals surface area contributed by atoms with Crippen LogP contribution in [0, 0.1) is 11.3 Å². The Morgan fingerprint density at radius 2 is 1.95 bits per heavy atom. The van der Waals surface area contributed by atoms with E-state index < -0.39 is 0 Å². The first-order valence-corrected chi connectivity index (χ1v) is 7.15. The van der Waals surface area contributed by atoms with Gasteiger partial charge in [0.2, 0.25) is 5.28 Å². The quantitative estimate of drug-likeness (QED) is 0.814. The average Bonchev–Trinajstić information content (AvgIpc) is 2.24. The summed E-state index contributed by atoms with van der Waals surface area (Å²) in [5, 5.41) is 15.1. The van der Waals surface area contributed by atoms with Gasteiger partial charge in [0.25, 0.3) is 0 Å². The summed E-state index contributed by atoms with van der Waals surface area (Å²) in [6.45, 7) is 8.95. The second kappa shape index (κ2) is 5.19. The molecule has 0 amide bonds. The van der Waals surface area contributed by atoms with Crippen LogP contribution in [0.2, 0.25) is 5.28 Å². The van der Waals surface area contributed by atoms with Crippen LogP contribution < -0.4 is 10.6 Å². The predicted octanol–water partition coefficient (Wildman–Crippen LogP) is 1.70. The minimum atomic E-state index is 0.156. The molecule has 5 nitrogen and oxygen atoms in total. The van der Waals surface area contributed by atoms with Crippen molar-refractivity contribution in [2.75, 3.05) is 5.32 Å². The number of quaternary nitrogens is 1. The summed E-state index contributed by atoms with van der Waals surface area (Å²) in [5.74, 6) is 0.533. The first-order valence-electron chi connectivity index (χ1n) is 6.77. The Morgan fingerprint density at radius 3 is 2.50 bits per heavy atom. The summed E-state index contributed by atoms with van der Waals surface area (Å²) in [7, 11) is 0. The zero-order valence-corrected chi connectivity index (χ0v) is 13.1. The molecule has 1 fully saturated rings. The Labute approximate surface area is 124 Å². The van der Waals surface area contributed by atoms with Gasteiger partial charge in [-0.2, -0.15) is 10.2 Å². The lowest BCUT2D eigenvalue weighted by atomic mass is 9.79. The summed E-state index contributed by atoms with van der Waals surface area (Å²) in [6, 6.07) is 2.37. The molecule has 1 saturated heterocycles. The van der Waals surface area contributed by atoms with Crippen LogP contribution in [0.3, 0.4) is 0 Å². The third kappa shape index (κ3) is 3.59. The molecule has 0 unspecified atom stereocenters. The summed E-state index contributed by atoms with van der Waals surface area (Å²) in [4.78, 5) is 7.99. The number of rotatable bonds is 2. The normalized spacial score (nSPS) is 21.2. The topological polar surface area (TPSA) is 78.2 Å². The number of anilines is 1. The van der Waals surface area contributed by atoms with E-state index >= 15 is 0 Å². The summed E-state index contributed by atoms with van der Waals surface area (Å²) in [5.41, 5.74) is 0.742. The maximum atomic E-state index is 9.12. The van der Waals surface area contributed by atoms with Gasteiger partial charge in [-0.25, -0.2) is 4.98 Å². The van der Waals surface area contributed by atoms with E-state index in [1.54, 1.807) is 0 Å². The minimum Gasteiger partial charge on any atom is -0.366 e. The predicted molar refractivity (Wildman–Crippen MR) is 78.5 cm³/mol. The Bertz CT molecular complexity index is 531. The van der Waals surface area contributed by atoms with Gasteiger partial charge in [-0.3, -0.25) is 0 Å². The third-order valence-corrected chi connectivity index (χ3v) is 3.73. The highest BCUT2D eigenvalue weighted by Gasteiger charge is 2.41. The van der Waals surface area contributed by atoms with E-state index in [0.717, 1.165) is 12.8 Å². The molecule has 2 heterocycles. The molecule has 1 aromatic heterocycles. The molecule has 2 rings (SSSR count). The Hall–Kier alpha value is -1.38. The van der Waals surface area contributed by atoms with Crippen molar-refractivity contribution in [1.29, 1.82) is 5.26 Å². The first-order chi connectivity index (χ1) is 9.21. The van der Waals surface area contributed by atoms with Crippen molar-refractivity contribution in [3.8, 4) is 6.07 Å². The van der Waals surface area contributed by atoms with Crippen LogP contribution in [0.4, 0.5) is 5.82 Å². The molecular formula is C14H21ClN5+. The largest absolute Gasteiger partial charge is 0.366 e. The summed E-state index contributed by atoms with van der Waals surface area (Å²) >= 11 is 5.83. The second-order valence-corrected chi connectivity index (χ2v) is 7.22. The van der Waals surface area contributed by atoms with Crippen molar-refractivity contribution < 1.29 is 5.32 Å². The maximum absolute atomic E-state index is 9.12. The highest BCUT2D eigenvalue weighted by atomic mass is 35.5. The summed E-state index contributed by atoms with van der Waals surface area (Å²) in [6.07, 6.45) is 3.47. The number of hydrogen-bond acceptors (Lipinski definition) is 4. The highest BCUT2D eigenvalue weighted by molar-refractivity contribution is 6.28. The number of aromatic nitrogens is 2. The van der Waals surface area contributed by atoms with Gasteiger partial charge in [0, 0.05) is 18.9 Å². The Balaban J connectivity index is 2.22. The number of hydrogen-bond donors (Lipinski definition) is 2. The number of nitrogens with two attached hydrogens (primary N) is 1. The van der Waals surface area contributed by atoms with Crippen LogP contribution in [0.15, 0.2) is 6.20 Å². The minimum absolute atomic E-state index is 0.156. The molecule has 0 aliphatic carbocycles. The molecule has 108 valence electrons. The fourth-order valence-corrected chi connectivity index (χ4v) is 3.50. The van der Waals surface area contributed by atoms with Crippen molar-refractivity contribution in [2.45, 2.75) is 57.7 Å². The van der Waals surface area contributed by atoms with Crippen LogP contribution in [-0.2, 0) is 0 Å². The molecular weight excluding hydrogens is 274 g/mol. The van der Waals surface area contributed by atoms with E-state index in [0.29, 0.717) is 11.4 Å². The van der Waals surface area contributed by atoms with Gasteiger partial charge in [0.1, 0.15) is 17.5 Å². The highest BCUT2D eigenvalue weighted by Crippen LogP contribution is 2.25. The molecule has 1 aromatic rings. The van der Waals surface area contributed by atoms with Gasteiger partial charge in [-0.15, -0.1) is 0 Å². The van der Waals surface area contributed by atoms with Crippen LogP contribution in [0.5, 0.6) is 0 Å². The fourth-order valence-electron chi connectivity index (χ4n) is 3.37. The van der Waals surface area contributed by atoms with Gasteiger partial charge in [-0.1, -0.05) is 0 Å². The van der Waals surface area contributed by atoms with Crippen LogP contribution in [0.1, 0.15) is 46.1 Å². The monoisotopic (exact) mass is 294 g/mol. The first kappa shape index (κ1) is 15.0. The number of nitrogens with one attached hydrogen (secondary N) is 1. The van der Waals surface area contributed by atoms with E-state index in [-0.39, 0.29) is 22.4 Å². The van der Waals surface area contributed by atoms with E-state index in [1.165, 1.54) is 6.20 Å². The molecule has 0 radical (unpaired) electrons. The number of nitrogens with zero attached hydrogens (tertiary/aromatic N) is 3. The molecule has 6 heteroatoms. The summed E-state index contributed by atoms with van der Waals surface area (Å²) < 4.78 is 0. The second-order valence-electron chi connectivity index (χ2n) is 6.88. The van der Waals surface area contributed by atoms with Crippen molar-refractivity contribution in [2.24, 2.45) is 0 Å². The SMILES string of the molecule is CC1(C)CC(Nc2nc(Cl)ncc2C#N)CC(C)(C)[NH2+]1. The molecule has 20 heavy (non-hydrogen) atoms. The average molecular weight is 295 g/mol. The van der Waals surface area contributed by atoms with E-state index in [2.05, 4.69) is 54.4 Å². The smallest absolute Gasteiger partial charge is 0.224 e. The molecule has 0 aromatic carbocycles. The third-order valence-electron chi connectivity index (χ3n) is 3.55. The number of piperidine rings is 1. The van der Waals surface area contributed by atoms with Crippen molar-refractivity contribution >= 4 is 17.4 Å². The van der Waals surface area contributed by atoms with Crippen molar-refractivity contribution in [3.63, 3.8) is 0 Å². The molecule has 0 saturated carbocycles. The zero-order valence-electron chi connectivity index (χ0n) is 12.4. The molecule has 1 aliphatic heterocycles. The van der Waals surface area contributed by atoms with E-state index in [4.69, 9.17) is 16.9 Å². The standard InChI is InChI=1S/C14H20ClN5/c1-13(2)5-10(6-14(3,4)20-13)18-11-9(7-16)8-17-12(15)19-11/h8,10,20H,5-6H2,1-4H3,(H,17,18,19)/p+1. The molecule has 0 bridgehead atoms. The van der Waals surface area contributed by atoms with Gasteiger partial charge in [0.15, 0.2) is 0 Å². The molecule has 3 N–H and O–H groups in total. The lowest BCUT2D eigenvalue weighted by molar-refractivity contribution is -0.787. The van der Waals surface area contributed by atoms with Crippen LogP contribution in [0.25, 0.3) is 0 Å². The van der Waals surface area contributed by atoms with Crippen molar-refractivity contribution in [1.82, 2.24) is 9.97 Å². The van der Waals surface area contributed by atoms with Gasteiger partial charge in [-0.05, 0) is 39.3 Å². The van der Waals surface area contributed by atoms with E-state index in [9.17, 15) is 0 Å². The Kier molecular flexibility index (Phi) is 3.90. The van der Waals surface area contributed by atoms with Crippen molar-refractivity contribution in [3.05, 3.63) is 17.0 Å². The van der Waals surface area contributed by atoms with Gasteiger partial charge < -0.3 is 10.6 Å². The number of halogens is 1. The molecule has 0 spiro atoms. The lowest BCUT2D eigenvalue weighted by Gasteiger charge is -2.43. The maximum Gasteiger partial charge on any atom is 0.224 e. The van der Waals surface area contributed by atoms with Gasteiger partial charge in [0.05, 0.1) is 17.3 Å². The van der Waals surface area contributed by atoms with E-state index in [1.807, 2.05) is 0 Å². The fraction of sp³-hybridized carbons (Fsp3) is 0.643. The van der Waals surface area contributed by atoms with Crippen LogP contribution >= 0.6 is 11.6 Å². The zero-order chi connectivity index (χ0) is 15.0.